The maximum absolute atomic E-state index is 13.5. The van der Waals surface area contributed by atoms with Crippen LogP contribution >= 0.6 is 0 Å². The summed E-state index contributed by atoms with van der Waals surface area (Å²) in [4.78, 5) is 53.9. The van der Waals surface area contributed by atoms with E-state index < -0.39 is 23.8 Å². The second-order valence-electron chi connectivity index (χ2n) is 9.09. The summed E-state index contributed by atoms with van der Waals surface area (Å²) in [5.74, 6) is -1.76. The van der Waals surface area contributed by atoms with Gasteiger partial charge in [-0.05, 0) is 47.9 Å². The van der Waals surface area contributed by atoms with Crippen molar-refractivity contribution >= 4 is 29.4 Å². The van der Waals surface area contributed by atoms with Crippen molar-refractivity contribution in [2.24, 2.45) is 0 Å². The average Bonchev–Trinajstić information content (AvgIpc) is 3.29. The monoisotopic (exact) mass is 463 g/mol. The summed E-state index contributed by atoms with van der Waals surface area (Å²) in [6.07, 6.45) is 0.876. The number of likely N-dealkylation sites (tertiary alicyclic amines) is 1. The Hall–Kier alpha value is -3.79. The number of hydrazine groups is 1. The highest BCUT2D eigenvalue weighted by molar-refractivity contribution is 6.22. The lowest BCUT2D eigenvalue weighted by Gasteiger charge is -2.45. The number of amides is 5. The Morgan fingerprint density at radius 2 is 1.71 bits per heavy atom. The summed E-state index contributed by atoms with van der Waals surface area (Å²) in [5.41, 5.74) is 3.58. The van der Waals surface area contributed by atoms with E-state index in [0.717, 1.165) is 52.9 Å². The van der Waals surface area contributed by atoms with Gasteiger partial charge in [0, 0.05) is 38.3 Å². The maximum Gasteiger partial charge on any atom is 0.343 e. The Balaban J connectivity index is 1.12. The fraction of sp³-hybridized carbons (Fsp3) is 0.333. The highest BCUT2D eigenvalue weighted by atomic mass is 19.1. The van der Waals surface area contributed by atoms with Crippen LogP contribution in [0.3, 0.4) is 0 Å². The maximum atomic E-state index is 13.5. The molecule has 0 radical (unpaired) electrons. The fourth-order valence-electron chi connectivity index (χ4n) is 5.24. The van der Waals surface area contributed by atoms with Gasteiger partial charge in [0.05, 0.1) is 23.7 Å². The normalized spacial score (nSPS) is 20.6. The number of anilines is 1. The number of fused-ring (bicyclic) bond motifs is 2. The van der Waals surface area contributed by atoms with Gasteiger partial charge in [0.25, 0.3) is 11.8 Å². The minimum absolute atomic E-state index is 0.0234. The van der Waals surface area contributed by atoms with Gasteiger partial charge in [-0.3, -0.25) is 24.6 Å². The molecule has 2 aromatic rings. The molecule has 0 bridgehead atoms. The predicted octanol–water partition coefficient (Wildman–Crippen LogP) is 1.53. The zero-order valence-corrected chi connectivity index (χ0v) is 18.3. The summed E-state index contributed by atoms with van der Waals surface area (Å²) in [6.45, 7) is 3.21. The Morgan fingerprint density at radius 3 is 2.50 bits per heavy atom. The topological polar surface area (TPSA) is 93.3 Å². The third-order valence-corrected chi connectivity index (χ3v) is 6.96. The van der Waals surface area contributed by atoms with Crippen LogP contribution in [0.25, 0.3) is 0 Å². The number of hydrogen-bond donors (Lipinski definition) is 1. The van der Waals surface area contributed by atoms with Gasteiger partial charge >= 0.3 is 6.03 Å². The molecule has 2 aromatic carbocycles. The van der Waals surface area contributed by atoms with E-state index >= 15 is 0 Å². The van der Waals surface area contributed by atoms with E-state index in [1.165, 1.54) is 6.07 Å². The van der Waals surface area contributed by atoms with Crippen molar-refractivity contribution in [2.75, 3.05) is 31.1 Å². The third kappa shape index (κ3) is 3.25. The van der Waals surface area contributed by atoms with Crippen molar-refractivity contribution in [3.63, 3.8) is 0 Å². The van der Waals surface area contributed by atoms with Crippen LogP contribution in [0.5, 0.6) is 0 Å². The van der Waals surface area contributed by atoms with Crippen LogP contribution in [-0.2, 0) is 17.8 Å². The molecular weight excluding hydrogens is 441 g/mol. The lowest BCUT2D eigenvalue weighted by Crippen LogP contribution is -2.58. The van der Waals surface area contributed by atoms with E-state index in [2.05, 4.69) is 15.1 Å². The van der Waals surface area contributed by atoms with E-state index in [1.807, 2.05) is 12.1 Å². The Morgan fingerprint density at radius 1 is 0.912 bits per heavy atom. The van der Waals surface area contributed by atoms with Crippen molar-refractivity contribution < 1.29 is 23.6 Å². The Bertz CT molecular complexity index is 1260. The first-order chi connectivity index (χ1) is 16.4. The number of carbonyl (C=O) groups excluding carboxylic acids is 4. The predicted molar refractivity (Wildman–Crippen MR) is 118 cm³/mol. The molecule has 2 saturated heterocycles. The highest BCUT2D eigenvalue weighted by Crippen LogP contribution is 2.33. The van der Waals surface area contributed by atoms with Gasteiger partial charge in [0.1, 0.15) is 5.82 Å². The van der Waals surface area contributed by atoms with Gasteiger partial charge in [-0.15, -0.1) is 0 Å². The number of urea groups is 1. The van der Waals surface area contributed by atoms with Crippen molar-refractivity contribution in [1.29, 1.82) is 0 Å². The largest absolute Gasteiger partial charge is 0.365 e. The van der Waals surface area contributed by atoms with Gasteiger partial charge in [-0.2, -0.15) is 5.01 Å². The second kappa shape index (κ2) is 7.63. The number of carbonyl (C=O) groups is 4. The van der Waals surface area contributed by atoms with Crippen LogP contribution in [-0.4, -0.2) is 70.9 Å². The summed E-state index contributed by atoms with van der Waals surface area (Å²) in [6, 6.07) is 9.73. The van der Waals surface area contributed by atoms with Gasteiger partial charge in [-0.1, -0.05) is 6.07 Å². The first-order valence-corrected chi connectivity index (χ1v) is 11.3. The lowest BCUT2D eigenvalue weighted by molar-refractivity contribution is -0.122. The molecule has 4 aliphatic rings. The van der Waals surface area contributed by atoms with E-state index in [1.54, 1.807) is 18.2 Å². The van der Waals surface area contributed by atoms with Crippen molar-refractivity contribution in [1.82, 2.24) is 20.2 Å². The molecule has 9 nitrogen and oxygen atoms in total. The molecule has 4 heterocycles. The standard InChI is InChI=1S/C24H22FN5O4/c25-16-2-4-20-15(10-16)5-7-28(20)17-12-27(13-17)11-14-1-3-18-19(9-14)23(33)30(22(18)32)29-8-6-21(31)26-24(29)34/h1-4,9-10,17H,5-8,11-13H2,(H,26,31,34). The zero-order valence-electron chi connectivity index (χ0n) is 18.3. The number of halogens is 1. The van der Waals surface area contributed by atoms with Crippen LogP contribution in [0.2, 0.25) is 0 Å². The molecule has 0 unspecified atom stereocenters. The number of benzene rings is 2. The summed E-state index contributed by atoms with van der Waals surface area (Å²) < 4.78 is 13.5. The van der Waals surface area contributed by atoms with E-state index in [9.17, 15) is 23.6 Å². The fourth-order valence-corrected chi connectivity index (χ4v) is 5.24. The van der Waals surface area contributed by atoms with Crippen molar-refractivity contribution in [3.8, 4) is 0 Å². The Kier molecular flexibility index (Phi) is 4.66. The molecule has 5 amide bonds. The van der Waals surface area contributed by atoms with E-state index in [4.69, 9.17) is 0 Å². The molecule has 0 atom stereocenters. The van der Waals surface area contributed by atoms with Crippen LogP contribution in [0.4, 0.5) is 14.9 Å². The number of imide groups is 2. The molecule has 10 heteroatoms. The van der Waals surface area contributed by atoms with Crippen molar-refractivity contribution in [2.45, 2.75) is 25.4 Å². The van der Waals surface area contributed by atoms with Gasteiger partial charge in [0.2, 0.25) is 5.91 Å². The molecule has 1 N–H and O–H groups in total. The van der Waals surface area contributed by atoms with Crippen LogP contribution in [0.15, 0.2) is 36.4 Å². The summed E-state index contributed by atoms with van der Waals surface area (Å²) >= 11 is 0. The molecule has 0 spiro atoms. The number of nitrogens with zero attached hydrogens (tertiary/aromatic N) is 4. The van der Waals surface area contributed by atoms with Crippen molar-refractivity contribution in [3.05, 3.63) is 64.5 Å². The first kappa shape index (κ1) is 20.8. The third-order valence-electron chi connectivity index (χ3n) is 6.96. The molecule has 6 rings (SSSR count). The quantitative estimate of drug-likeness (QED) is 0.692. The molecule has 34 heavy (non-hydrogen) atoms. The Labute approximate surface area is 194 Å². The number of nitrogens with one attached hydrogen (secondary N) is 1. The molecule has 174 valence electrons. The van der Waals surface area contributed by atoms with Gasteiger partial charge in [0.15, 0.2) is 0 Å². The zero-order chi connectivity index (χ0) is 23.6. The average molecular weight is 463 g/mol. The number of hydrogen-bond acceptors (Lipinski definition) is 6. The molecule has 0 saturated carbocycles. The number of rotatable bonds is 4. The highest BCUT2D eigenvalue weighted by Gasteiger charge is 2.43. The molecule has 0 aliphatic carbocycles. The minimum Gasteiger partial charge on any atom is -0.365 e. The SMILES string of the molecule is O=C1CCN(N2C(=O)c3ccc(CN4CC(N5CCc6cc(F)ccc65)C4)cc3C2=O)C(=O)N1. The van der Waals surface area contributed by atoms with Gasteiger partial charge < -0.3 is 4.90 Å². The van der Waals surface area contributed by atoms with Crippen LogP contribution in [0.1, 0.15) is 38.3 Å². The van der Waals surface area contributed by atoms with Crippen LogP contribution in [0, 0.1) is 5.82 Å². The van der Waals surface area contributed by atoms with E-state index in [-0.39, 0.29) is 29.9 Å². The van der Waals surface area contributed by atoms with E-state index in [0.29, 0.717) is 12.6 Å². The smallest absolute Gasteiger partial charge is 0.343 e. The summed E-state index contributed by atoms with van der Waals surface area (Å²) in [7, 11) is 0. The second-order valence-corrected chi connectivity index (χ2v) is 9.09. The molecule has 4 aliphatic heterocycles. The van der Waals surface area contributed by atoms with Gasteiger partial charge in [-0.25, -0.2) is 14.2 Å². The first-order valence-electron chi connectivity index (χ1n) is 11.3. The molecule has 0 aromatic heterocycles. The summed E-state index contributed by atoms with van der Waals surface area (Å²) in [5, 5.41) is 3.95. The van der Waals surface area contributed by atoms with Crippen LogP contribution < -0.4 is 10.2 Å². The molecular formula is C24H22FN5O4. The minimum atomic E-state index is -0.774. The lowest BCUT2D eigenvalue weighted by atomic mass is 10.0. The molecule has 2 fully saturated rings.